The molecule has 0 amide bonds. The van der Waals surface area contributed by atoms with E-state index >= 15 is 0 Å². The lowest BCUT2D eigenvalue weighted by molar-refractivity contribution is -0.167. The van der Waals surface area contributed by atoms with Gasteiger partial charge in [0.05, 0.1) is 11.2 Å². The maximum Gasteiger partial charge on any atom is 0.0875 e. The van der Waals surface area contributed by atoms with E-state index in [-0.39, 0.29) is 17.2 Å². The van der Waals surface area contributed by atoms with Crippen LogP contribution in [0.3, 0.4) is 0 Å². The third-order valence-electron chi connectivity index (χ3n) is 5.80. The monoisotopic (exact) mass is 299 g/mol. The molecular formula is C16H29NO4. The van der Waals surface area contributed by atoms with Crippen molar-refractivity contribution in [1.29, 1.82) is 0 Å². The molecular weight excluding hydrogens is 270 g/mol. The van der Waals surface area contributed by atoms with Crippen LogP contribution >= 0.6 is 0 Å². The summed E-state index contributed by atoms with van der Waals surface area (Å²) in [6.45, 7) is 3.94. The summed E-state index contributed by atoms with van der Waals surface area (Å²) < 4.78 is 23.0. The largest absolute Gasteiger partial charge is 0.381 e. The molecule has 0 aromatic heterocycles. The molecule has 0 aromatic rings. The molecule has 0 radical (unpaired) electrons. The Labute approximate surface area is 127 Å². The van der Waals surface area contributed by atoms with E-state index in [0.717, 1.165) is 71.6 Å². The lowest BCUT2D eigenvalue weighted by Gasteiger charge is -2.49. The third kappa shape index (κ3) is 3.13. The van der Waals surface area contributed by atoms with Crippen LogP contribution in [0.5, 0.6) is 0 Å². The van der Waals surface area contributed by atoms with Gasteiger partial charge in [-0.3, -0.25) is 0 Å². The van der Waals surface area contributed by atoms with Gasteiger partial charge in [0.2, 0.25) is 0 Å². The van der Waals surface area contributed by atoms with Crippen LogP contribution in [0, 0.1) is 5.92 Å². The first kappa shape index (κ1) is 15.7. The van der Waals surface area contributed by atoms with Gasteiger partial charge in [0.15, 0.2) is 0 Å². The molecule has 5 heteroatoms. The average Bonchev–Trinajstić information content (AvgIpc) is 2.55. The highest BCUT2D eigenvalue weighted by Crippen LogP contribution is 2.41. The van der Waals surface area contributed by atoms with Gasteiger partial charge in [-0.15, -0.1) is 0 Å². The summed E-state index contributed by atoms with van der Waals surface area (Å²) in [5, 5.41) is 0. The third-order valence-corrected chi connectivity index (χ3v) is 5.80. The Morgan fingerprint density at radius 2 is 1.62 bits per heavy atom. The number of methoxy groups -OCH3 is 1. The molecule has 3 aliphatic heterocycles. The summed E-state index contributed by atoms with van der Waals surface area (Å²) in [5.41, 5.74) is 6.47. The van der Waals surface area contributed by atoms with Crippen molar-refractivity contribution in [1.82, 2.24) is 0 Å². The molecule has 2 N–H and O–H groups in total. The Kier molecular flexibility index (Phi) is 4.86. The standard InChI is InChI=1S/C16H29NO4/c1-18-16(5-10-20-11-6-16)14(17)13-2-7-21-15(12-13)3-8-19-9-4-15/h13-14H,2-12,17H2,1H3. The van der Waals surface area contributed by atoms with Crippen LogP contribution in [0.4, 0.5) is 0 Å². The first-order valence-electron chi connectivity index (χ1n) is 8.30. The Bertz CT molecular complexity index is 332. The molecule has 3 rings (SSSR count). The van der Waals surface area contributed by atoms with Crippen LogP contribution in [0.1, 0.15) is 38.5 Å². The van der Waals surface area contributed by atoms with Gasteiger partial charge in [0, 0.05) is 59.0 Å². The molecule has 0 saturated carbocycles. The second-order valence-corrected chi connectivity index (χ2v) is 6.80. The van der Waals surface area contributed by atoms with Gasteiger partial charge in [-0.25, -0.2) is 0 Å². The number of hydrogen-bond acceptors (Lipinski definition) is 5. The number of hydrogen-bond donors (Lipinski definition) is 1. The maximum absolute atomic E-state index is 6.69. The highest BCUT2D eigenvalue weighted by molar-refractivity contribution is 5.00. The molecule has 21 heavy (non-hydrogen) atoms. The molecule has 3 fully saturated rings. The zero-order valence-corrected chi connectivity index (χ0v) is 13.1. The normalized spacial score (nSPS) is 33.7. The minimum Gasteiger partial charge on any atom is -0.381 e. The minimum absolute atomic E-state index is 0.00111. The Morgan fingerprint density at radius 1 is 1.00 bits per heavy atom. The zero-order chi connectivity index (χ0) is 14.8. The van der Waals surface area contributed by atoms with Gasteiger partial charge in [-0.05, 0) is 31.6 Å². The van der Waals surface area contributed by atoms with Gasteiger partial charge in [-0.2, -0.15) is 0 Å². The van der Waals surface area contributed by atoms with Crippen LogP contribution in [0.15, 0.2) is 0 Å². The fourth-order valence-corrected chi connectivity index (χ4v) is 4.28. The molecule has 1 spiro atoms. The van der Waals surface area contributed by atoms with E-state index in [1.807, 2.05) is 0 Å². The predicted octanol–water partition coefficient (Wildman–Crippen LogP) is 1.49. The SMILES string of the molecule is COC1(C(N)C2CCOC3(CCOCC3)C2)CCOCC1. The molecule has 0 bridgehead atoms. The molecule has 122 valence electrons. The van der Waals surface area contributed by atoms with E-state index in [4.69, 9.17) is 24.7 Å². The van der Waals surface area contributed by atoms with E-state index in [1.54, 1.807) is 7.11 Å². The van der Waals surface area contributed by atoms with Gasteiger partial charge in [0.1, 0.15) is 0 Å². The van der Waals surface area contributed by atoms with E-state index in [9.17, 15) is 0 Å². The van der Waals surface area contributed by atoms with Gasteiger partial charge in [-0.1, -0.05) is 0 Å². The highest BCUT2D eigenvalue weighted by Gasteiger charge is 2.47. The maximum atomic E-state index is 6.69. The van der Waals surface area contributed by atoms with E-state index in [2.05, 4.69) is 0 Å². The molecule has 3 saturated heterocycles. The van der Waals surface area contributed by atoms with Crippen molar-refractivity contribution in [3.05, 3.63) is 0 Å². The second-order valence-electron chi connectivity index (χ2n) is 6.80. The summed E-state index contributed by atoms with van der Waals surface area (Å²) in [5.74, 6) is 0.467. The van der Waals surface area contributed by atoms with Crippen LogP contribution < -0.4 is 5.73 Å². The van der Waals surface area contributed by atoms with Gasteiger partial charge < -0.3 is 24.7 Å². The van der Waals surface area contributed by atoms with Crippen molar-refractivity contribution in [2.75, 3.05) is 40.1 Å². The predicted molar refractivity (Wildman–Crippen MR) is 79.2 cm³/mol. The first-order valence-corrected chi connectivity index (χ1v) is 8.30. The molecule has 2 unspecified atom stereocenters. The van der Waals surface area contributed by atoms with Crippen molar-refractivity contribution >= 4 is 0 Å². The van der Waals surface area contributed by atoms with E-state index in [1.165, 1.54) is 0 Å². The first-order chi connectivity index (χ1) is 10.2. The zero-order valence-electron chi connectivity index (χ0n) is 13.1. The minimum atomic E-state index is -0.216. The van der Waals surface area contributed by atoms with Crippen molar-refractivity contribution in [2.45, 2.75) is 55.8 Å². The van der Waals surface area contributed by atoms with E-state index < -0.39 is 0 Å². The number of nitrogens with two attached hydrogens (primary N) is 1. The molecule has 2 atom stereocenters. The quantitative estimate of drug-likeness (QED) is 0.855. The molecule has 5 nitrogen and oxygen atoms in total. The summed E-state index contributed by atoms with van der Waals surface area (Å²) in [6.07, 6.45) is 5.88. The van der Waals surface area contributed by atoms with Gasteiger partial charge >= 0.3 is 0 Å². The fourth-order valence-electron chi connectivity index (χ4n) is 4.28. The number of rotatable bonds is 3. The van der Waals surface area contributed by atoms with Crippen molar-refractivity contribution in [2.24, 2.45) is 11.7 Å². The molecule has 3 heterocycles. The summed E-state index contributed by atoms with van der Waals surface area (Å²) >= 11 is 0. The van der Waals surface area contributed by atoms with Crippen LogP contribution in [-0.2, 0) is 18.9 Å². The Balaban J connectivity index is 1.69. The summed E-state index contributed by atoms with van der Waals surface area (Å²) in [4.78, 5) is 0. The van der Waals surface area contributed by atoms with Crippen molar-refractivity contribution in [3.8, 4) is 0 Å². The van der Waals surface area contributed by atoms with Crippen LogP contribution in [0.2, 0.25) is 0 Å². The lowest BCUT2D eigenvalue weighted by Crippen LogP contribution is -2.59. The topological polar surface area (TPSA) is 62.9 Å². The average molecular weight is 299 g/mol. The van der Waals surface area contributed by atoms with Crippen LogP contribution in [0.25, 0.3) is 0 Å². The number of ether oxygens (including phenoxy) is 4. The van der Waals surface area contributed by atoms with E-state index in [0.29, 0.717) is 5.92 Å². The van der Waals surface area contributed by atoms with Gasteiger partial charge in [0.25, 0.3) is 0 Å². The lowest BCUT2D eigenvalue weighted by atomic mass is 9.71. The summed E-state index contributed by atoms with van der Waals surface area (Å²) in [6, 6.07) is 0.0648. The Hall–Kier alpha value is -0.200. The van der Waals surface area contributed by atoms with Crippen molar-refractivity contribution in [3.63, 3.8) is 0 Å². The fraction of sp³-hybridized carbons (Fsp3) is 1.00. The summed E-state index contributed by atoms with van der Waals surface area (Å²) in [7, 11) is 1.80. The second kappa shape index (κ2) is 6.50. The Morgan fingerprint density at radius 3 is 2.24 bits per heavy atom. The van der Waals surface area contributed by atoms with Crippen molar-refractivity contribution < 1.29 is 18.9 Å². The van der Waals surface area contributed by atoms with Crippen LogP contribution in [-0.4, -0.2) is 57.4 Å². The highest BCUT2D eigenvalue weighted by atomic mass is 16.5. The molecule has 0 aliphatic carbocycles. The molecule has 0 aromatic carbocycles. The molecule has 3 aliphatic rings. The smallest absolute Gasteiger partial charge is 0.0875 e.